The third-order valence-electron chi connectivity index (χ3n) is 1.47. The minimum Gasteiger partial charge on any atom is -0.431 e. The summed E-state index contributed by atoms with van der Waals surface area (Å²) in [5.74, 6) is -1.73. The van der Waals surface area contributed by atoms with Crippen LogP contribution in [0.4, 0.5) is 4.79 Å². The molecule has 0 spiro atoms. The van der Waals surface area contributed by atoms with Crippen LogP contribution in [0, 0.1) is 0 Å². The number of esters is 1. The third-order valence-corrected chi connectivity index (χ3v) is 1.47. The molecule has 8 heteroatoms. The van der Waals surface area contributed by atoms with E-state index in [2.05, 4.69) is 4.74 Å². The Hall–Kier alpha value is -1.67. The molecule has 0 radical (unpaired) electrons. The van der Waals surface area contributed by atoms with Crippen LogP contribution in [0.2, 0.25) is 0 Å². The molecule has 3 amide bonds. The van der Waals surface area contributed by atoms with E-state index in [1.54, 1.807) is 0 Å². The summed E-state index contributed by atoms with van der Waals surface area (Å²) in [7, 11) is 0. The largest absolute Gasteiger partial charge is 0.431 e. The average molecular weight is 203 g/mol. The van der Waals surface area contributed by atoms with E-state index in [1.165, 1.54) is 0 Å². The zero-order valence-corrected chi connectivity index (χ0v) is 7.02. The first-order chi connectivity index (χ1) is 6.54. The van der Waals surface area contributed by atoms with Crippen LogP contribution in [-0.4, -0.2) is 41.9 Å². The van der Waals surface area contributed by atoms with Gasteiger partial charge in [0, 0.05) is 0 Å². The van der Waals surface area contributed by atoms with E-state index < -0.39 is 36.8 Å². The number of carbonyl (C=O) groups excluding carboxylic acids is 3. The van der Waals surface area contributed by atoms with Gasteiger partial charge in [0.25, 0.3) is 12.1 Å². The molecule has 1 rings (SSSR count). The Bertz CT molecular complexity index is 279. The Kier molecular flexibility index (Phi) is 2.99. The Balaban J connectivity index is 2.49. The molecule has 0 aromatic carbocycles. The molecule has 1 unspecified atom stereocenters. The highest BCUT2D eigenvalue weighted by molar-refractivity contribution is 6.04. The molecule has 0 aromatic heterocycles. The highest BCUT2D eigenvalue weighted by atomic mass is 16.6. The number of aliphatic hydroxyl groups is 1. The van der Waals surface area contributed by atoms with Crippen LogP contribution in [0.25, 0.3) is 0 Å². The Morgan fingerprint density at radius 3 is 2.71 bits per heavy atom. The predicted molar refractivity (Wildman–Crippen MR) is 41.6 cm³/mol. The number of hydrogen-bond donors (Lipinski definition) is 4. The Labute approximate surface area is 78.4 Å². The second-order valence-corrected chi connectivity index (χ2v) is 2.57. The molecular weight excluding hydrogens is 194 g/mol. The van der Waals surface area contributed by atoms with Gasteiger partial charge in [0.15, 0.2) is 0 Å². The maximum Gasteiger partial charge on any atom is 0.327 e. The average Bonchev–Trinajstić information content (AvgIpc) is 2.44. The van der Waals surface area contributed by atoms with Gasteiger partial charge < -0.3 is 15.6 Å². The number of imide groups is 1. The van der Waals surface area contributed by atoms with Crippen molar-refractivity contribution in [3.05, 3.63) is 0 Å². The van der Waals surface area contributed by atoms with Crippen molar-refractivity contribution in [2.24, 2.45) is 5.73 Å². The molecule has 78 valence electrons. The highest BCUT2D eigenvalue weighted by Gasteiger charge is 2.33. The van der Waals surface area contributed by atoms with E-state index in [-0.39, 0.29) is 0 Å². The molecule has 14 heavy (non-hydrogen) atoms. The first kappa shape index (κ1) is 10.4. The van der Waals surface area contributed by atoms with Crippen LogP contribution in [0.5, 0.6) is 0 Å². The van der Waals surface area contributed by atoms with Gasteiger partial charge in [-0.1, -0.05) is 0 Å². The van der Waals surface area contributed by atoms with Crippen LogP contribution in [0.1, 0.15) is 0 Å². The predicted octanol–water partition coefficient (Wildman–Crippen LogP) is -2.99. The standard InChI is InChI=1S/C6H9N3O5/c7-2(1-10)5(12)14-4-3(11)8-6(13)9-4/h2,4,10H,1,7H2,(H2,8,9,11,13)/t2-,4?/m0/s1. The molecule has 1 aliphatic heterocycles. The third kappa shape index (κ3) is 2.18. The minimum absolute atomic E-state index is 0.596. The summed E-state index contributed by atoms with van der Waals surface area (Å²) in [6, 6.07) is -1.97. The fourth-order valence-corrected chi connectivity index (χ4v) is 0.759. The smallest absolute Gasteiger partial charge is 0.327 e. The van der Waals surface area contributed by atoms with Crippen molar-refractivity contribution in [3.63, 3.8) is 0 Å². The van der Waals surface area contributed by atoms with Gasteiger partial charge in [-0.2, -0.15) is 0 Å². The summed E-state index contributed by atoms with van der Waals surface area (Å²) in [4.78, 5) is 32.4. The molecule has 0 saturated carbocycles. The number of nitrogens with two attached hydrogens (primary N) is 1. The van der Waals surface area contributed by atoms with Crippen LogP contribution in [0.15, 0.2) is 0 Å². The van der Waals surface area contributed by atoms with E-state index in [0.717, 1.165) is 0 Å². The number of carbonyl (C=O) groups is 3. The number of urea groups is 1. The van der Waals surface area contributed by atoms with Gasteiger partial charge in [0.2, 0.25) is 0 Å². The van der Waals surface area contributed by atoms with E-state index in [4.69, 9.17) is 10.8 Å². The highest BCUT2D eigenvalue weighted by Crippen LogP contribution is 1.97. The zero-order chi connectivity index (χ0) is 10.7. The van der Waals surface area contributed by atoms with Crippen molar-refractivity contribution >= 4 is 17.9 Å². The van der Waals surface area contributed by atoms with Crippen LogP contribution in [-0.2, 0) is 14.3 Å². The molecule has 2 atom stereocenters. The second kappa shape index (κ2) is 4.03. The van der Waals surface area contributed by atoms with Crippen molar-refractivity contribution in [2.75, 3.05) is 6.61 Å². The van der Waals surface area contributed by atoms with Gasteiger partial charge >= 0.3 is 12.0 Å². The van der Waals surface area contributed by atoms with Crippen LogP contribution < -0.4 is 16.4 Å². The summed E-state index contributed by atoms with van der Waals surface area (Å²) in [5, 5.41) is 12.4. The van der Waals surface area contributed by atoms with Gasteiger partial charge in [-0.25, -0.2) is 4.79 Å². The lowest BCUT2D eigenvalue weighted by Gasteiger charge is -2.11. The summed E-state index contributed by atoms with van der Waals surface area (Å²) in [5.41, 5.74) is 5.11. The van der Waals surface area contributed by atoms with Gasteiger partial charge in [0.1, 0.15) is 6.04 Å². The van der Waals surface area contributed by atoms with Crippen molar-refractivity contribution in [1.82, 2.24) is 10.6 Å². The van der Waals surface area contributed by atoms with E-state index in [9.17, 15) is 14.4 Å². The molecular formula is C6H9N3O5. The maximum atomic E-state index is 10.9. The van der Waals surface area contributed by atoms with Crippen molar-refractivity contribution in [2.45, 2.75) is 12.3 Å². The molecule has 1 saturated heterocycles. The summed E-state index contributed by atoms with van der Waals surface area (Å²) in [6.45, 7) is -0.596. The first-order valence-corrected chi connectivity index (χ1v) is 3.73. The van der Waals surface area contributed by atoms with Crippen LogP contribution in [0.3, 0.4) is 0 Å². The topological polar surface area (TPSA) is 131 Å². The van der Waals surface area contributed by atoms with Crippen LogP contribution >= 0.6 is 0 Å². The zero-order valence-electron chi connectivity index (χ0n) is 7.02. The number of amides is 3. The first-order valence-electron chi connectivity index (χ1n) is 3.73. The molecule has 0 aliphatic carbocycles. The molecule has 1 fully saturated rings. The van der Waals surface area contributed by atoms with Crippen molar-refractivity contribution in [3.8, 4) is 0 Å². The molecule has 5 N–H and O–H groups in total. The van der Waals surface area contributed by atoms with Crippen molar-refractivity contribution < 1.29 is 24.2 Å². The monoisotopic (exact) mass is 203 g/mol. The fourth-order valence-electron chi connectivity index (χ4n) is 0.759. The van der Waals surface area contributed by atoms with E-state index in [0.29, 0.717) is 0 Å². The lowest BCUT2D eigenvalue weighted by molar-refractivity contribution is -0.157. The Morgan fingerprint density at radius 1 is 1.64 bits per heavy atom. The molecule has 1 aliphatic rings. The Morgan fingerprint density at radius 2 is 2.29 bits per heavy atom. The second-order valence-electron chi connectivity index (χ2n) is 2.57. The number of rotatable bonds is 3. The van der Waals surface area contributed by atoms with E-state index in [1.807, 2.05) is 10.6 Å². The fraction of sp³-hybridized carbons (Fsp3) is 0.500. The van der Waals surface area contributed by atoms with Gasteiger partial charge in [-0.15, -0.1) is 0 Å². The molecule has 1 heterocycles. The van der Waals surface area contributed by atoms with Gasteiger partial charge in [-0.3, -0.25) is 20.2 Å². The molecule has 0 aromatic rings. The van der Waals surface area contributed by atoms with E-state index >= 15 is 0 Å². The number of nitrogens with one attached hydrogen (secondary N) is 2. The van der Waals surface area contributed by atoms with Gasteiger partial charge in [0.05, 0.1) is 6.61 Å². The normalized spacial score (nSPS) is 22.6. The number of ether oxygens (including phenoxy) is 1. The summed E-state index contributed by atoms with van der Waals surface area (Å²) < 4.78 is 4.48. The maximum absolute atomic E-state index is 10.9. The summed E-state index contributed by atoms with van der Waals surface area (Å²) >= 11 is 0. The summed E-state index contributed by atoms with van der Waals surface area (Å²) in [6.07, 6.45) is -1.37. The lowest BCUT2D eigenvalue weighted by Crippen LogP contribution is -2.42. The number of aliphatic hydroxyl groups excluding tert-OH is 1. The number of hydrogen-bond acceptors (Lipinski definition) is 6. The minimum atomic E-state index is -1.37. The van der Waals surface area contributed by atoms with Crippen molar-refractivity contribution in [1.29, 1.82) is 0 Å². The molecule has 8 nitrogen and oxygen atoms in total. The lowest BCUT2D eigenvalue weighted by atomic mass is 10.3. The molecule has 0 bridgehead atoms. The SMILES string of the molecule is N[C@@H](CO)C(=O)OC1NC(=O)NC1=O. The van der Waals surface area contributed by atoms with Gasteiger partial charge in [-0.05, 0) is 0 Å². The quantitative estimate of drug-likeness (QED) is 0.286.